The maximum Gasteiger partial charge on any atom is 0.422 e. The van der Waals surface area contributed by atoms with Crippen molar-refractivity contribution in [3.8, 4) is 0 Å². The van der Waals surface area contributed by atoms with Gasteiger partial charge in [-0.3, -0.25) is 4.79 Å². The van der Waals surface area contributed by atoms with Crippen molar-refractivity contribution in [2.24, 2.45) is 0 Å². The summed E-state index contributed by atoms with van der Waals surface area (Å²) in [4.78, 5) is 24.2. The molecular weight excluding hydrogens is 242 g/mol. The van der Waals surface area contributed by atoms with Crippen LogP contribution >= 0.6 is 0 Å². The average Bonchev–Trinajstić information content (AvgIpc) is 2.36. The first kappa shape index (κ1) is 11.7. The third-order valence-electron chi connectivity index (χ3n) is 3.21. The molecule has 0 bridgehead atoms. The molecule has 3 aromatic rings. The Balaban J connectivity index is 2.52. The summed E-state index contributed by atoms with van der Waals surface area (Å²) < 4.78 is 6.39. The lowest BCUT2D eigenvalue weighted by molar-refractivity contribution is 0.426. The van der Waals surface area contributed by atoms with Crippen LogP contribution in [-0.4, -0.2) is 4.57 Å². The fourth-order valence-corrected chi connectivity index (χ4v) is 2.27. The van der Waals surface area contributed by atoms with Gasteiger partial charge in [0.1, 0.15) is 5.58 Å². The van der Waals surface area contributed by atoms with Gasteiger partial charge in [0.2, 0.25) is 0 Å². The van der Waals surface area contributed by atoms with Gasteiger partial charge in [-0.25, -0.2) is 9.36 Å². The Morgan fingerprint density at radius 3 is 2.32 bits per heavy atom. The summed E-state index contributed by atoms with van der Waals surface area (Å²) in [7, 11) is 0. The first-order valence-corrected chi connectivity index (χ1v) is 6.16. The number of aromatic nitrogens is 1. The van der Waals surface area contributed by atoms with Gasteiger partial charge in [0.15, 0.2) is 0 Å². The van der Waals surface area contributed by atoms with Crippen LogP contribution in [0.15, 0.2) is 50.4 Å². The van der Waals surface area contributed by atoms with Gasteiger partial charge < -0.3 is 4.42 Å². The Kier molecular flexibility index (Phi) is 2.52. The summed E-state index contributed by atoms with van der Waals surface area (Å²) >= 11 is 0. The van der Waals surface area contributed by atoms with E-state index in [1.165, 1.54) is 0 Å². The van der Waals surface area contributed by atoms with Crippen LogP contribution < -0.4 is 11.3 Å². The fourth-order valence-electron chi connectivity index (χ4n) is 2.27. The number of benzene rings is 2. The minimum absolute atomic E-state index is 0.223. The molecule has 0 aliphatic rings. The summed E-state index contributed by atoms with van der Waals surface area (Å²) in [5.74, 6) is -0.609. The molecule has 0 spiro atoms. The fraction of sp³-hybridized carbons (Fsp3) is 0.200. The van der Waals surface area contributed by atoms with Gasteiger partial charge in [0.25, 0.3) is 5.56 Å². The van der Waals surface area contributed by atoms with E-state index in [4.69, 9.17) is 4.42 Å². The summed E-state index contributed by atoms with van der Waals surface area (Å²) in [6.07, 6.45) is 0. The highest BCUT2D eigenvalue weighted by atomic mass is 16.4. The smallest absolute Gasteiger partial charge is 0.409 e. The topological polar surface area (TPSA) is 52.2 Å². The van der Waals surface area contributed by atoms with E-state index in [0.29, 0.717) is 11.0 Å². The van der Waals surface area contributed by atoms with Gasteiger partial charge in [-0.2, -0.15) is 0 Å². The standard InChI is InChI=1S/C15H13NO3/c1-9(2)16-14(17)12-7-10-5-3-4-6-11(10)8-13(12)19-15(16)18/h3-9H,1-2H3. The van der Waals surface area contributed by atoms with Crippen molar-refractivity contribution in [1.29, 1.82) is 0 Å². The number of hydrogen-bond donors (Lipinski definition) is 0. The molecule has 0 N–H and O–H groups in total. The quantitative estimate of drug-likeness (QED) is 0.628. The Morgan fingerprint density at radius 1 is 1.05 bits per heavy atom. The van der Waals surface area contributed by atoms with Crippen molar-refractivity contribution in [2.75, 3.05) is 0 Å². The third-order valence-corrected chi connectivity index (χ3v) is 3.21. The summed E-state index contributed by atoms with van der Waals surface area (Å²) in [5.41, 5.74) is 0.0394. The van der Waals surface area contributed by atoms with Crippen molar-refractivity contribution < 1.29 is 4.42 Å². The predicted octanol–water partition coefficient (Wildman–Crippen LogP) is 2.69. The Labute approximate surface area is 108 Å². The second-order valence-corrected chi connectivity index (χ2v) is 4.83. The van der Waals surface area contributed by atoms with Crippen molar-refractivity contribution in [2.45, 2.75) is 19.9 Å². The average molecular weight is 255 g/mol. The van der Waals surface area contributed by atoms with E-state index in [1.807, 2.05) is 24.3 Å². The first-order valence-electron chi connectivity index (χ1n) is 6.16. The maximum absolute atomic E-state index is 12.3. The van der Waals surface area contributed by atoms with Crippen molar-refractivity contribution in [1.82, 2.24) is 4.57 Å². The molecule has 0 aliphatic heterocycles. The molecule has 0 amide bonds. The van der Waals surface area contributed by atoms with Gasteiger partial charge in [0.05, 0.1) is 5.39 Å². The Morgan fingerprint density at radius 2 is 1.68 bits per heavy atom. The van der Waals surface area contributed by atoms with Gasteiger partial charge in [-0.1, -0.05) is 24.3 Å². The van der Waals surface area contributed by atoms with Crippen LogP contribution in [0.4, 0.5) is 0 Å². The third kappa shape index (κ3) is 1.76. The largest absolute Gasteiger partial charge is 0.422 e. The van der Waals surface area contributed by atoms with Gasteiger partial charge in [-0.05, 0) is 36.8 Å². The van der Waals surface area contributed by atoms with E-state index in [2.05, 4.69) is 0 Å². The number of hydrogen-bond acceptors (Lipinski definition) is 3. The van der Waals surface area contributed by atoms with E-state index in [9.17, 15) is 9.59 Å². The highest BCUT2D eigenvalue weighted by molar-refractivity contribution is 5.95. The first-order chi connectivity index (χ1) is 9.08. The van der Waals surface area contributed by atoms with Crippen molar-refractivity contribution in [3.63, 3.8) is 0 Å². The van der Waals surface area contributed by atoms with Crippen LogP contribution in [0.3, 0.4) is 0 Å². The van der Waals surface area contributed by atoms with E-state index < -0.39 is 5.76 Å². The summed E-state index contributed by atoms with van der Waals surface area (Å²) in [6.45, 7) is 3.57. The SMILES string of the molecule is CC(C)n1c(=O)oc2cc3ccccc3cc2c1=O. The second kappa shape index (κ2) is 4.09. The summed E-state index contributed by atoms with van der Waals surface area (Å²) in [5, 5.41) is 2.34. The summed E-state index contributed by atoms with van der Waals surface area (Å²) in [6, 6.07) is 10.9. The number of rotatable bonds is 1. The molecule has 3 rings (SSSR count). The molecule has 96 valence electrons. The van der Waals surface area contributed by atoms with Crippen LogP contribution in [0.2, 0.25) is 0 Å². The zero-order chi connectivity index (χ0) is 13.6. The van der Waals surface area contributed by atoms with Crippen molar-refractivity contribution in [3.05, 3.63) is 57.3 Å². The zero-order valence-electron chi connectivity index (χ0n) is 10.7. The molecule has 4 heteroatoms. The monoisotopic (exact) mass is 255 g/mol. The molecule has 19 heavy (non-hydrogen) atoms. The number of fused-ring (bicyclic) bond motifs is 2. The molecule has 1 aromatic heterocycles. The second-order valence-electron chi connectivity index (χ2n) is 4.83. The lowest BCUT2D eigenvalue weighted by atomic mass is 10.1. The minimum atomic E-state index is -0.609. The van der Waals surface area contributed by atoms with E-state index in [0.717, 1.165) is 15.3 Å². The highest BCUT2D eigenvalue weighted by Gasteiger charge is 2.12. The molecule has 0 atom stereocenters. The molecule has 2 aromatic carbocycles. The lowest BCUT2D eigenvalue weighted by Crippen LogP contribution is -2.33. The molecule has 4 nitrogen and oxygen atoms in total. The molecular formula is C15H13NO3. The van der Waals surface area contributed by atoms with Crippen LogP contribution in [0, 0.1) is 0 Å². The molecule has 1 heterocycles. The molecule has 0 radical (unpaired) electrons. The van der Waals surface area contributed by atoms with Gasteiger partial charge in [0, 0.05) is 6.04 Å². The minimum Gasteiger partial charge on any atom is -0.409 e. The maximum atomic E-state index is 12.3. The molecule has 0 unspecified atom stereocenters. The van der Waals surface area contributed by atoms with Crippen LogP contribution in [-0.2, 0) is 0 Å². The van der Waals surface area contributed by atoms with E-state index in [1.54, 1.807) is 26.0 Å². The molecule has 0 saturated carbocycles. The van der Waals surface area contributed by atoms with Gasteiger partial charge in [-0.15, -0.1) is 0 Å². The molecule has 0 fully saturated rings. The normalized spacial score (nSPS) is 11.5. The predicted molar refractivity (Wildman–Crippen MR) is 74.6 cm³/mol. The van der Waals surface area contributed by atoms with Crippen LogP contribution in [0.5, 0.6) is 0 Å². The molecule has 0 saturated heterocycles. The van der Waals surface area contributed by atoms with E-state index >= 15 is 0 Å². The molecule has 0 aliphatic carbocycles. The van der Waals surface area contributed by atoms with E-state index in [-0.39, 0.29) is 11.6 Å². The Hall–Kier alpha value is -2.36. The van der Waals surface area contributed by atoms with Crippen molar-refractivity contribution >= 4 is 21.7 Å². The van der Waals surface area contributed by atoms with Gasteiger partial charge >= 0.3 is 5.76 Å². The van der Waals surface area contributed by atoms with Crippen LogP contribution in [0.1, 0.15) is 19.9 Å². The van der Waals surface area contributed by atoms with Crippen LogP contribution in [0.25, 0.3) is 21.7 Å². The number of nitrogens with zero attached hydrogens (tertiary/aromatic N) is 1. The Bertz CT molecular complexity index is 887. The zero-order valence-corrected chi connectivity index (χ0v) is 10.7. The highest BCUT2D eigenvalue weighted by Crippen LogP contribution is 2.19. The lowest BCUT2D eigenvalue weighted by Gasteiger charge is -2.08.